The fraction of sp³-hybridized carbons (Fsp3) is 0.364. The van der Waals surface area contributed by atoms with E-state index >= 15 is 0 Å². The monoisotopic (exact) mass is 191 g/mol. The van der Waals surface area contributed by atoms with Crippen LogP contribution in [0.4, 0.5) is 0 Å². The molecule has 0 amide bonds. The van der Waals surface area contributed by atoms with E-state index in [0.717, 1.165) is 18.6 Å². The highest BCUT2D eigenvalue weighted by Gasteiger charge is 1.93. The van der Waals surface area contributed by atoms with Crippen molar-refractivity contribution in [2.24, 2.45) is 0 Å². The Balaban J connectivity index is 2.19. The highest BCUT2D eigenvalue weighted by Crippen LogP contribution is 2.16. The number of rotatable bonds is 5. The molecule has 0 saturated heterocycles. The van der Waals surface area contributed by atoms with Crippen molar-refractivity contribution in [1.82, 2.24) is 0 Å². The first-order valence-corrected chi connectivity index (χ1v) is 4.61. The van der Waals surface area contributed by atoms with Crippen molar-refractivity contribution in [3.05, 3.63) is 24.3 Å². The van der Waals surface area contributed by atoms with Crippen LogP contribution in [0.15, 0.2) is 24.3 Å². The maximum Gasteiger partial charge on any atom is 0.119 e. The molecule has 0 saturated carbocycles. The van der Waals surface area contributed by atoms with Gasteiger partial charge in [-0.15, -0.1) is 0 Å². The van der Waals surface area contributed by atoms with E-state index in [1.54, 1.807) is 24.3 Å². The summed E-state index contributed by atoms with van der Waals surface area (Å²) < 4.78 is 5.39. The number of aromatic hydroxyl groups is 1. The molecule has 0 fully saturated rings. The first-order chi connectivity index (χ1) is 6.83. The summed E-state index contributed by atoms with van der Waals surface area (Å²) in [6.45, 7) is 0.618. The number of nitrogens with zero attached hydrogens (tertiary/aromatic N) is 1. The van der Waals surface area contributed by atoms with Crippen molar-refractivity contribution in [2.75, 3.05) is 6.61 Å². The molecule has 14 heavy (non-hydrogen) atoms. The second kappa shape index (κ2) is 5.87. The minimum absolute atomic E-state index is 0.238. The summed E-state index contributed by atoms with van der Waals surface area (Å²) in [5, 5.41) is 17.3. The van der Waals surface area contributed by atoms with Crippen LogP contribution >= 0.6 is 0 Å². The second-order valence-electron chi connectivity index (χ2n) is 2.96. The van der Waals surface area contributed by atoms with Crippen LogP contribution < -0.4 is 4.74 Å². The predicted octanol–water partition coefficient (Wildman–Crippen LogP) is 2.46. The Kier molecular flexibility index (Phi) is 4.36. The number of phenols is 1. The molecule has 74 valence electrons. The molecule has 0 aliphatic carbocycles. The van der Waals surface area contributed by atoms with E-state index in [9.17, 15) is 0 Å². The quantitative estimate of drug-likeness (QED) is 0.727. The van der Waals surface area contributed by atoms with E-state index in [-0.39, 0.29) is 5.75 Å². The van der Waals surface area contributed by atoms with Crippen LogP contribution in [0, 0.1) is 11.3 Å². The molecule has 0 aromatic heterocycles. The standard InChI is InChI=1S/C11H13NO2/c12-8-2-1-3-9-14-11-6-4-10(13)5-7-11/h4-7,13H,1-3,9H2. The SMILES string of the molecule is N#CCCCCOc1ccc(O)cc1. The van der Waals surface area contributed by atoms with Crippen LogP contribution in [-0.2, 0) is 0 Å². The zero-order valence-corrected chi connectivity index (χ0v) is 7.94. The molecule has 1 aromatic rings. The van der Waals surface area contributed by atoms with E-state index < -0.39 is 0 Å². The molecule has 0 atom stereocenters. The molecule has 3 heteroatoms. The van der Waals surface area contributed by atoms with Gasteiger partial charge in [0.2, 0.25) is 0 Å². The molecular weight excluding hydrogens is 178 g/mol. The minimum atomic E-state index is 0.238. The molecule has 0 heterocycles. The van der Waals surface area contributed by atoms with Gasteiger partial charge in [-0.1, -0.05) is 0 Å². The maximum atomic E-state index is 9.01. The normalized spacial score (nSPS) is 9.36. The van der Waals surface area contributed by atoms with Gasteiger partial charge in [-0.25, -0.2) is 0 Å². The first kappa shape index (κ1) is 10.4. The van der Waals surface area contributed by atoms with Crippen LogP contribution in [0.25, 0.3) is 0 Å². The summed E-state index contributed by atoms with van der Waals surface area (Å²) in [5.74, 6) is 0.988. The molecule has 0 unspecified atom stereocenters. The summed E-state index contributed by atoms with van der Waals surface area (Å²) >= 11 is 0. The average Bonchev–Trinajstić information content (AvgIpc) is 2.21. The Morgan fingerprint density at radius 2 is 1.93 bits per heavy atom. The third-order valence-electron chi connectivity index (χ3n) is 1.79. The summed E-state index contributed by atoms with van der Waals surface area (Å²) in [5.41, 5.74) is 0. The van der Waals surface area contributed by atoms with E-state index in [1.807, 2.05) is 0 Å². The van der Waals surface area contributed by atoms with Gasteiger partial charge < -0.3 is 9.84 Å². The lowest BCUT2D eigenvalue weighted by Crippen LogP contribution is -1.96. The fourth-order valence-electron chi connectivity index (χ4n) is 1.04. The smallest absolute Gasteiger partial charge is 0.119 e. The Morgan fingerprint density at radius 3 is 2.57 bits per heavy atom. The molecule has 1 aromatic carbocycles. The van der Waals surface area contributed by atoms with Gasteiger partial charge >= 0.3 is 0 Å². The van der Waals surface area contributed by atoms with Crippen molar-refractivity contribution >= 4 is 0 Å². The highest BCUT2D eigenvalue weighted by atomic mass is 16.5. The van der Waals surface area contributed by atoms with Gasteiger partial charge in [0.25, 0.3) is 0 Å². The Labute approximate surface area is 83.6 Å². The molecule has 1 rings (SSSR count). The zero-order chi connectivity index (χ0) is 10.2. The van der Waals surface area contributed by atoms with Crippen LogP contribution in [-0.4, -0.2) is 11.7 Å². The van der Waals surface area contributed by atoms with E-state index in [2.05, 4.69) is 6.07 Å². The lowest BCUT2D eigenvalue weighted by atomic mass is 10.2. The van der Waals surface area contributed by atoms with Crippen LogP contribution in [0.2, 0.25) is 0 Å². The van der Waals surface area contributed by atoms with Gasteiger partial charge in [-0.2, -0.15) is 5.26 Å². The molecule has 0 aliphatic heterocycles. The molecule has 1 N–H and O–H groups in total. The summed E-state index contributed by atoms with van der Waals surface area (Å²) in [6, 6.07) is 8.70. The summed E-state index contributed by atoms with van der Waals surface area (Å²) in [6.07, 6.45) is 2.34. The second-order valence-corrected chi connectivity index (χ2v) is 2.96. The lowest BCUT2D eigenvalue weighted by molar-refractivity contribution is 0.307. The average molecular weight is 191 g/mol. The van der Waals surface area contributed by atoms with E-state index in [0.29, 0.717) is 13.0 Å². The van der Waals surface area contributed by atoms with Crippen molar-refractivity contribution in [3.8, 4) is 17.6 Å². The fourth-order valence-corrected chi connectivity index (χ4v) is 1.04. The number of hydrogen-bond acceptors (Lipinski definition) is 3. The Morgan fingerprint density at radius 1 is 1.21 bits per heavy atom. The zero-order valence-electron chi connectivity index (χ0n) is 7.94. The van der Waals surface area contributed by atoms with Gasteiger partial charge in [0, 0.05) is 6.42 Å². The number of ether oxygens (including phenoxy) is 1. The van der Waals surface area contributed by atoms with E-state index in [1.165, 1.54) is 0 Å². The molecule has 0 radical (unpaired) electrons. The summed E-state index contributed by atoms with van der Waals surface area (Å²) in [7, 11) is 0. The number of hydrogen-bond donors (Lipinski definition) is 1. The van der Waals surface area contributed by atoms with Crippen LogP contribution in [0.1, 0.15) is 19.3 Å². The lowest BCUT2D eigenvalue weighted by Gasteiger charge is -2.04. The largest absolute Gasteiger partial charge is 0.508 e. The van der Waals surface area contributed by atoms with Gasteiger partial charge in [-0.3, -0.25) is 0 Å². The molecule has 0 spiro atoms. The molecular formula is C11H13NO2. The third kappa shape index (κ3) is 3.81. The van der Waals surface area contributed by atoms with Crippen LogP contribution in [0.3, 0.4) is 0 Å². The number of unbranched alkanes of at least 4 members (excludes halogenated alkanes) is 2. The molecule has 0 aliphatic rings. The Hall–Kier alpha value is -1.69. The first-order valence-electron chi connectivity index (χ1n) is 4.61. The van der Waals surface area contributed by atoms with Crippen LogP contribution in [0.5, 0.6) is 11.5 Å². The third-order valence-corrected chi connectivity index (χ3v) is 1.79. The van der Waals surface area contributed by atoms with Crippen molar-refractivity contribution in [1.29, 1.82) is 5.26 Å². The van der Waals surface area contributed by atoms with Gasteiger partial charge in [0.1, 0.15) is 11.5 Å². The summed E-state index contributed by atoms with van der Waals surface area (Å²) in [4.78, 5) is 0. The maximum absolute atomic E-state index is 9.01. The van der Waals surface area contributed by atoms with E-state index in [4.69, 9.17) is 15.1 Å². The van der Waals surface area contributed by atoms with Crippen molar-refractivity contribution in [2.45, 2.75) is 19.3 Å². The number of benzene rings is 1. The molecule has 0 bridgehead atoms. The minimum Gasteiger partial charge on any atom is -0.508 e. The Bertz CT molecular complexity index is 300. The highest BCUT2D eigenvalue weighted by molar-refractivity contribution is 5.29. The van der Waals surface area contributed by atoms with Gasteiger partial charge in [-0.05, 0) is 37.1 Å². The predicted molar refractivity (Wildman–Crippen MR) is 53.1 cm³/mol. The topological polar surface area (TPSA) is 53.2 Å². The number of phenolic OH excluding ortho intramolecular Hbond substituents is 1. The van der Waals surface area contributed by atoms with Gasteiger partial charge in [0.05, 0.1) is 12.7 Å². The van der Waals surface area contributed by atoms with Crippen molar-refractivity contribution in [3.63, 3.8) is 0 Å². The van der Waals surface area contributed by atoms with Gasteiger partial charge in [0.15, 0.2) is 0 Å². The molecule has 3 nitrogen and oxygen atoms in total. The van der Waals surface area contributed by atoms with Crippen molar-refractivity contribution < 1.29 is 9.84 Å². The number of nitriles is 1.